The Kier molecular flexibility index (Phi) is 3.83. The quantitative estimate of drug-likeness (QED) is 0.218. The summed E-state index contributed by atoms with van der Waals surface area (Å²) < 4.78 is 9.16. The van der Waals surface area contributed by atoms with Gasteiger partial charge in [0.15, 0.2) is 0 Å². The topological polar surface area (TPSA) is 33.3 Å². The molecule has 43 heavy (non-hydrogen) atoms. The number of hydrogen-bond donors (Lipinski definition) is 1. The molecule has 4 aromatic heterocycles. The number of fused-ring (bicyclic) bond motifs is 15. The van der Waals surface area contributed by atoms with Gasteiger partial charge in [-0.15, -0.1) is 0 Å². The van der Waals surface area contributed by atoms with Crippen molar-refractivity contribution in [1.82, 2.24) is 9.38 Å². The van der Waals surface area contributed by atoms with Crippen molar-refractivity contribution in [2.75, 3.05) is 0 Å². The lowest BCUT2D eigenvalue weighted by Gasteiger charge is -2.03. The first-order valence-corrected chi connectivity index (χ1v) is 14.8. The van der Waals surface area contributed by atoms with Gasteiger partial charge >= 0.3 is 0 Å². The number of benzene rings is 7. The average Bonchev–Trinajstić information content (AvgIpc) is 3.80. The van der Waals surface area contributed by atoms with Gasteiger partial charge in [0.1, 0.15) is 11.2 Å². The highest BCUT2D eigenvalue weighted by molar-refractivity contribution is 6.31. The van der Waals surface area contributed by atoms with Gasteiger partial charge in [-0.3, -0.25) is 0 Å². The Labute approximate surface area is 244 Å². The molecule has 3 heteroatoms. The van der Waals surface area contributed by atoms with Gasteiger partial charge in [-0.25, -0.2) is 0 Å². The first-order chi connectivity index (χ1) is 21.3. The van der Waals surface area contributed by atoms with Gasteiger partial charge < -0.3 is 13.8 Å². The molecular weight excluding hydrogens is 524 g/mol. The molecule has 0 aliphatic rings. The van der Waals surface area contributed by atoms with E-state index in [1.165, 1.54) is 59.8 Å². The van der Waals surface area contributed by atoms with Crippen LogP contribution >= 0.6 is 0 Å². The number of aromatic amines is 1. The van der Waals surface area contributed by atoms with E-state index in [4.69, 9.17) is 4.42 Å². The Bertz CT molecular complexity index is 2950. The van der Waals surface area contributed by atoms with Crippen LogP contribution in [0.5, 0.6) is 0 Å². The standard InChI is InChI=1S/C40H22N2O/c1-3-10-33-24(6-1)32-20-22(13-18-34(32)41-33)23-12-14-26-29-16-15-27-30(40(29)43-37(26)21-23)17-19-36-38(27)31-9-5-8-28-25-7-2-4-11-35(25)42(36)39(28)31/h1-21,41H. The summed E-state index contributed by atoms with van der Waals surface area (Å²) in [7, 11) is 0. The molecule has 0 bridgehead atoms. The molecule has 0 radical (unpaired) electrons. The summed E-state index contributed by atoms with van der Waals surface area (Å²) in [4.78, 5) is 3.54. The van der Waals surface area contributed by atoms with Gasteiger partial charge in [-0.05, 0) is 71.1 Å². The molecule has 0 aliphatic carbocycles. The lowest BCUT2D eigenvalue weighted by Crippen LogP contribution is -1.81. The molecule has 7 aromatic carbocycles. The molecule has 0 amide bonds. The van der Waals surface area contributed by atoms with E-state index in [0.29, 0.717) is 0 Å². The number of furan rings is 1. The van der Waals surface area contributed by atoms with Crippen molar-refractivity contribution in [1.29, 1.82) is 0 Å². The zero-order valence-electron chi connectivity index (χ0n) is 23.0. The summed E-state index contributed by atoms with van der Waals surface area (Å²) in [5, 5.41) is 12.4. The van der Waals surface area contributed by atoms with Crippen LogP contribution in [0.1, 0.15) is 0 Å². The maximum Gasteiger partial charge on any atom is 0.143 e. The second-order valence-corrected chi connectivity index (χ2v) is 11.8. The number of rotatable bonds is 1. The minimum Gasteiger partial charge on any atom is -0.455 e. The van der Waals surface area contributed by atoms with Crippen molar-refractivity contribution in [3.63, 3.8) is 0 Å². The minimum atomic E-state index is 0.916. The second-order valence-electron chi connectivity index (χ2n) is 11.8. The molecule has 11 aromatic rings. The third-order valence-electron chi connectivity index (χ3n) is 9.66. The maximum atomic E-state index is 6.72. The first-order valence-electron chi connectivity index (χ1n) is 14.8. The Hall–Kier alpha value is -5.80. The highest BCUT2D eigenvalue weighted by Gasteiger charge is 2.20. The molecular formula is C40H22N2O. The summed E-state index contributed by atoms with van der Waals surface area (Å²) in [6.45, 7) is 0. The molecule has 3 nitrogen and oxygen atoms in total. The molecule has 0 atom stereocenters. The first kappa shape index (κ1) is 21.9. The fraction of sp³-hybridized carbons (Fsp3) is 0. The molecule has 198 valence electrons. The van der Waals surface area contributed by atoms with Crippen LogP contribution in [0.15, 0.2) is 132 Å². The van der Waals surface area contributed by atoms with Gasteiger partial charge in [-0.1, -0.05) is 72.8 Å². The smallest absolute Gasteiger partial charge is 0.143 e. The highest BCUT2D eigenvalue weighted by atomic mass is 16.3. The summed E-state index contributed by atoms with van der Waals surface area (Å²) >= 11 is 0. The SMILES string of the molecule is c1ccc2c(c1)[nH]c1ccc(-c3ccc4c(c3)oc3c4ccc4c3ccc3c4c4cccc5c6ccccc6n3c54)cc12. The van der Waals surface area contributed by atoms with E-state index in [1.54, 1.807) is 0 Å². The monoisotopic (exact) mass is 546 g/mol. The molecule has 11 rings (SSSR count). The second kappa shape index (κ2) is 7.53. The van der Waals surface area contributed by atoms with E-state index in [0.717, 1.165) is 43.9 Å². The van der Waals surface area contributed by atoms with Gasteiger partial charge in [-0.2, -0.15) is 0 Å². The molecule has 0 aliphatic heterocycles. The molecule has 4 heterocycles. The molecule has 0 fully saturated rings. The van der Waals surface area contributed by atoms with Gasteiger partial charge in [0.05, 0.1) is 16.6 Å². The third-order valence-corrected chi connectivity index (χ3v) is 9.66. The van der Waals surface area contributed by atoms with Crippen LogP contribution in [0.4, 0.5) is 0 Å². The van der Waals surface area contributed by atoms with Crippen LogP contribution in [0.25, 0.3) is 104 Å². The van der Waals surface area contributed by atoms with Crippen LogP contribution in [0.2, 0.25) is 0 Å². The van der Waals surface area contributed by atoms with Crippen molar-refractivity contribution in [2.45, 2.75) is 0 Å². The lowest BCUT2D eigenvalue weighted by atomic mass is 9.99. The van der Waals surface area contributed by atoms with E-state index in [2.05, 4.69) is 137 Å². The largest absolute Gasteiger partial charge is 0.455 e. The van der Waals surface area contributed by atoms with Crippen molar-refractivity contribution < 1.29 is 4.42 Å². The predicted octanol–water partition coefficient (Wildman–Crippen LogP) is 11.2. The van der Waals surface area contributed by atoms with E-state index in [9.17, 15) is 0 Å². The summed E-state index contributed by atoms with van der Waals surface area (Å²) in [5.41, 5.74) is 10.3. The van der Waals surface area contributed by atoms with E-state index in [-0.39, 0.29) is 0 Å². The Morgan fingerprint density at radius 1 is 0.442 bits per heavy atom. The predicted molar refractivity (Wildman–Crippen MR) is 181 cm³/mol. The Morgan fingerprint density at radius 3 is 2.12 bits per heavy atom. The number of nitrogens with one attached hydrogen (secondary N) is 1. The number of aromatic nitrogens is 2. The summed E-state index contributed by atoms with van der Waals surface area (Å²) in [6.07, 6.45) is 0. The number of H-pyrrole nitrogens is 1. The minimum absolute atomic E-state index is 0.916. The molecule has 0 saturated carbocycles. The van der Waals surface area contributed by atoms with Crippen LogP contribution in [-0.4, -0.2) is 9.38 Å². The normalized spacial score (nSPS) is 12.7. The van der Waals surface area contributed by atoms with Crippen LogP contribution in [0, 0.1) is 0 Å². The van der Waals surface area contributed by atoms with Crippen molar-refractivity contribution in [3.8, 4) is 11.1 Å². The average molecular weight is 547 g/mol. The van der Waals surface area contributed by atoms with Crippen molar-refractivity contribution >= 4 is 92.6 Å². The van der Waals surface area contributed by atoms with Crippen molar-refractivity contribution in [3.05, 3.63) is 127 Å². The fourth-order valence-electron chi connectivity index (χ4n) is 7.78. The van der Waals surface area contributed by atoms with E-state index in [1.807, 2.05) is 0 Å². The Morgan fingerprint density at radius 2 is 1.14 bits per heavy atom. The Balaban J connectivity index is 1.16. The van der Waals surface area contributed by atoms with E-state index >= 15 is 0 Å². The maximum absolute atomic E-state index is 6.72. The number of para-hydroxylation sites is 3. The molecule has 1 N–H and O–H groups in total. The number of hydrogen-bond acceptors (Lipinski definition) is 1. The van der Waals surface area contributed by atoms with Gasteiger partial charge in [0.25, 0.3) is 0 Å². The lowest BCUT2D eigenvalue weighted by molar-refractivity contribution is 0.673. The molecule has 0 unspecified atom stereocenters. The zero-order valence-corrected chi connectivity index (χ0v) is 23.0. The number of nitrogens with zero attached hydrogens (tertiary/aromatic N) is 1. The molecule has 0 saturated heterocycles. The van der Waals surface area contributed by atoms with Crippen LogP contribution < -0.4 is 0 Å². The summed E-state index contributed by atoms with van der Waals surface area (Å²) in [6, 6.07) is 46.3. The van der Waals surface area contributed by atoms with Crippen LogP contribution in [-0.2, 0) is 0 Å². The van der Waals surface area contributed by atoms with Crippen LogP contribution in [0.3, 0.4) is 0 Å². The van der Waals surface area contributed by atoms with E-state index < -0.39 is 0 Å². The zero-order chi connectivity index (χ0) is 27.8. The highest BCUT2D eigenvalue weighted by Crippen LogP contribution is 2.44. The van der Waals surface area contributed by atoms with Crippen molar-refractivity contribution in [2.24, 2.45) is 0 Å². The third kappa shape index (κ3) is 2.66. The van der Waals surface area contributed by atoms with Gasteiger partial charge in [0.2, 0.25) is 0 Å². The summed E-state index contributed by atoms with van der Waals surface area (Å²) in [5.74, 6) is 0. The molecule has 0 spiro atoms. The van der Waals surface area contributed by atoms with Gasteiger partial charge in [0, 0.05) is 59.5 Å². The fourth-order valence-corrected chi connectivity index (χ4v) is 7.78.